The molecule has 3 rings (SSSR count). The number of nitrogens with zero attached hydrogens (tertiary/aromatic N) is 3. The van der Waals surface area contributed by atoms with Crippen LogP contribution in [0.3, 0.4) is 0 Å². The third-order valence-electron chi connectivity index (χ3n) is 3.25. The van der Waals surface area contributed by atoms with E-state index in [-0.39, 0.29) is 24.1 Å². The molecular weight excluding hydrogens is 267 g/mol. The fourth-order valence-corrected chi connectivity index (χ4v) is 2.38. The van der Waals surface area contributed by atoms with E-state index in [0.717, 1.165) is 11.6 Å². The Hall–Kier alpha value is -2.11. The Kier molecular flexibility index (Phi) is 3.30. The number of aromatic nitrogens is 3. The van der Waals surface area contributed by atoms with Crippen LogP contribution in [0.4, 0.5) is 13.2 Å². The zero-order valence-electron chi connectivity index (χ0n) is 10.5. The molecule has 0 amide bonds. The van der Waals surface area contributed by atoms with E-state index in [2.05, 4.69) is 10.1 Å². The fourth-order valence-electron chi connectivity index (χ4n) is 2.38. The standard InChI is InChI=1S/C14H12F3N3/c15-10-8-11(9-4-2-1-3-5-9)20-14(10)18-13(19-20)7-6-12(16)17/h1-7,10-12H,8H2/b7-6+/t10-,11-/m0/s1. The Morgan fingerprint density at radius 2 is 2.00 bits per heavy atom. The second-order valence-corrected chi connectivity index (χ2v) is 4.60. The van der Waals surface area contributed by atoms with Crippen molar-refractivity contribution in [3.05, 3.63) is 53.6 Å². The van der Waals surface area contributed by atoms with Crippen LogP contribution in [-0.2, 0) is 0 Å². The maximum atomic E-state index is 14.0. The minimum atomic E-state index is -2.57. The van der Waals surface area contributed by atoms with E-state index >= 15 is 0 Å². The number of benzene rings is 1. The summed E-state index contributed by atoms with van der Waals surface area (Å²) in [5.74, 6) is 0.316. The van der Waals surface area contributed by atoms with Crippen LogP contribution in [0.25, 0.3) is 6.08 Å². The zero-order chi connectivity index (χ0) is 14.1. The molecule has 0 spiro atoms. The number of rotatable bonds is 3. The van der Waals surface area contributed by atoms with Crippen molar-refractivity contribution in [1.82, 2.24) is 14.8 Å². The van der Waals surface area contributed by atoms with Crippen molar-refractivity contribution in [3.63, 3.8) is 0 Å². The van der Waals surface area contributed by atoms with Gasteiger partial charge >= 0.3 is 0 Å². The third-order valence-corrected chi connectivity index (χ3v) is 3.25. The maximum absolute atomic E-state index is 14.0. The summed E-state index contributed by atoms with van der Waals surface area (Å²) in [5, 5.41) is 4.12. The van der Waals surface area contributed by atoms with Crippen LogP contribution in [0.15, 0.2) is 36.4 Å². The van der Waals surface area contributed by atoms with Crippen molar-refractivity contribution < 1.29 is 13.2 Å². The summed E-state index contributed by atoms with van der Waals surface area (Å²) in [4.78, 5) is 3.98. The Bertz CT molecular complexity index is 622. The predicted molar refractivity (Wildman–Crippen MR) is 68.1 cm³/mol. The largest absolute Gasteiger partial charge is 0.257 e. The first-order valence-corrected chi connectivity index (χ1v) is 6.27. The lowest BCUT2D eigenvalue weighted by molar-refractivity contribution is 0.205. The molecule has 0 saturated heterocycles. The molecule has 1 aliphatic rings. The van der Waals surface area contributed by atoms with Gasteiger partial charge in [0.15, 0.2) is 17.8 Å². The summed E-state index contributed by atoms with van der Waals surface area (Å²) in [6, 6.07) is 9.17. The highest BCUT2D eigenvalue weighted by Crippen LogP contribution is 2.39. The van der Waals surface area contributed by atoms with Gasteiger partial charge in [0.1, 0.15) is 0 Å². The number of alkyl halides is 3. The van der Waals surface area contributed by atoms with Gasteiger partial charge in [-0.3, -0.25) is 0 Å². The van der Waals surface area contributed by atoms with Gasteiger partial charge in [-0.1, -0.05) is 30.3 Å². The molecule has 0 bridgehead atoms. The van der Waals surface area contributed by atoms with E-state index in [0.29, 0.717) is 6.08 Å². The number of hydrogen-bond acceptors (Lipinski definition) is 2. The molecule has 3 nitrogen and oxygen atoms in total. The molecular formula is C14H12F3N3. The summed E-state index contributed by atoms with van der Waals surface area (Å²) < 4.78 is 39.7. The molecule has 0 unspecified atom stereocenters. The van der Waals surface area contributed by atoms with Gasteiger partial charge in [-0.25, -0.2) is 22.8 Å². The average molecular weight is 279 g/mol. The average Bonchev–Trinajstić information content (AvgIpc) is 2.98. The molecule has 0 aliphatic carbocycles. The van der Waals surface area contributed by atoms with E-state index in [9.17, 15) is 13.2 Å². The Labute approximate surface area is 113 Å². The smallest absolute Gasteiger partial charge is 0.239 e. The molecule has 6 heteroatoms. The van der Waals surface area contributed by atoms with Crippen molar-refractivity contribution >= 4 is 6.08 Å². The van der Waals surface area contributed by atoms with Crippen molar-refractivity contribution in [2.75, 3.05) is 0 Å². The summed E-state index contributed by atoms with van der Waals surface area (Å²) in [6.07, 6.45) is -1.71. The number of hydrogen-bond donors (Lipinski definition) is 0. The molecule has 0 saturated carbocycles. The molecule has 2 atom stereocenters. The first-order chi connectivity index (χ1) is 9.65. The molecule has 20 heavy (non-hydrogen) atoms. The number of halogens is 3. The molecule has 1 aromatic carbocycles. The van der Waals surface area contributed by atoms with Crippen molar-refractivity contribution in [2.45, 2.75) is 25.1 Å². The molecule has 104 valence electrons. The van der Waals surface area contributed by atoms with Crippen LogP contribution in [0, 0.1) is 0 Å². The van der Waals surface area contributed by atoms with Gasteiger partial charge in [0.25, 0.3) is 6.43 Å². The highest BCUT2D eigenvalue weighted by molar-refractivity contribution is 5.40. The highest BCUT2D eigenvalue weighted by Gasteiger charge is 2.34. The first-order valence-electron chi connectivity index (χ1n) is 6.27. The number of fused-ring (bicyclic) bond motifs is 1. The predicted octanol–water partition coefficient (Wildman–Crippen LogP) is 3.56. The van der Waals surface area contributed by atoms with E-state index in [4.69, 9.17) is 0 Å². The minimum absolute atomic E-state index is 0.114. The quantitative estimate of drug-likeness (QED) is 0.860. The van der Waals surface area contributed by atoms with Gasteiger partial charge < -0.3 is 0 Å². The van der Waals surface area contributed by atoms with E-state index in [1.807, 2.05) is 30.3 Å². The van der Waals surface area contributed by atoms with Crippen molar-refractivity contribution in [1.29, 1.82) is 0 Å². The van der Waals surface area contributed by atoms with Gasteiger partial charge in [-0.15, -0.1) is 0 Å². The first kappa shape index (κ1) is 12.9. The monoisotopic (exact) mass is 279 g/mol. The second kappa shape index (κ2) is 5.11. The zero-order valence-corrected chi connectivity index (χ0v) is 10.5. The third kappa shape index (κ3) is 2.33. The lowest BCUT2D eigenvalue weighted by Gasteiger charge is -2.11. The van der Waals surface area contributed by atoms with Crippen LogP contribution < -0.4 is 0 Å². The minimum Gasteiger partial charge on any atom is -0.239 e. The topological polar surface area (TPSA) is 30.7 Å². The van der Waals surface area contributed by atoms with E-state index < -0.39 is 12.6 Å². The van der Waals surface area contributed by atoms with Crippen molar-refractivity contribution in [2.24, 2.45) is 0 Å². The summed E-state index contributed by atoms with van der Waals surface area (Å²) in [7, 11) is 0. The normalized spacial score (nSPS) is 21.8. The van der Waals surface area contributed by atoms with Crippen LogP contribution in [0.5, 0.6) is 0 Å². The SMILES string of the molecule is FC(F)/C=C/c1nc2n(n1)[C@H](c1ccccc1)C[C@@H]2F. The van der Waals surface area contributed by atoms with Crippen LogP contribution in [0.2, 0.25) is 0 Å². The molecule has 0 fully saturated rings. The van der Waals surface area contributed by atoms with Crippen LogP contribution in [0.1, 0.15) is 35.8 Å². The van der Waals surface area contributed by atoms with Gasteiger partial charge in [0.2, 0.25) is 0 Å². The molecule has 1 aliphatic heterocycles. The van der Waals surface area contributed by atoms with E-state index in [1.165, 1.54) is 4.68 Å². The lowest BCUT2D eigenvalue weighted by atomic mass is 10.0. The van der Waals surface area contributed by atoms with Crippen molar-refractivity contribution in [3.8, 4) is 0 Å². The fraction of sp³-hybridized carbons (Fsp3) is 0.286. The Balaban J connectivity index is 1.94. The molecule has 2 aromatic rings. The summed E-state index contributed by atoms with van der Waals surface area (Å²) >= 11 is 0. The Morgan fingerprint density at radius 1 is 1.25 bits per heavy atom. The van der Waals surface area contributed by atoms with Gasteiger partial charge in [0.05, 0.1) is 6.04 Å². The number of allylic oxidation sites excluding steroid dienone is 1. The van der Waals surface area contributed by atoms with Gasteiger partial charge in [-0.05, 0) is 17.7 Å². The summed E-state index contributed by atoms with van der Waals surface area (Å²) in [5.41, 5.74) is 0.934. The molecule has 0 radical (unpaired) electrons. The molecule has 0 N–H and O–H groups in total. The molecule has 1 aromatic heterocycles. The maximum Gasteiger partial charge on any atom is 0.257 e. The highest BCUT2D eigenvalue weighted by atomic mass is 19.3. The van der Waals surface area contributed by atoms with E-state index in [1.54, 1.807) is 0 Å². The van der Waals surface area contributed by atoms with Gasteiger partial charge in [-0.2, -0.15) is 5.10 Å². The second-order valence-electron chi connectivity index (χ2n) is 4.60. The van der Waals surface area contributed by atoms with Crippen LogP contribution >= 0.6 is 0 Å². The summed E-state index contributed by atoms with van der Waals surface area (Å²) in [6.45, 7) is 0. The van der Waals surface area contributed by atoms with Crippen LogP contribution in [-0.4, -0.2) is 21.2 Å². The van der Waals surface area contributed by atoms with Gasteiger partial charge in [0, 0.05) is 6.42 Å². The molecule has 2 heterocycles. The lowest BCUT2D eigenvalue weighted by Crippen LogP contribution is -2.07. The Morgan fingerprint density at radius 3 is 2.70 bits per heavy atom.